The summed E-state index contributed by atoms with van der Waals surface area (Å²) in [4.78, 5) is 12.4. The van der Waals surface area contributed by atoms with Crippen molar-refractivity contribution in [2.75, 3.05) is 12.0 Å². The van der Waals surface area contributed by atoms with Gasteiger partial charge in [0.2, 0.25) is 0 Å². The zero-order chi connectivity index (χ0) is 13.4. The van der Waals surface area contributed by atoms with E-state index in [-0.39, 0.29) is 5.75 Å². The Kier molecular flexibility index (Phi) is 4.03. The largest absolute Gasteiger partial charge is 0.465 e. The molecule has 5 nitrogen and oxygen atoms in total. The summed E-state index contributed by atoms with van der Waals surface area (Å²) in [6.07, 6.45) is -0.00147. The van der Waals surface area contributed by atoms with E-state index in [4.69, 9.17) is 0 Å². The number of amides is 1. The highest BCUT2D eigenvalue weighted by Gasteiger charge is 2.40. The number of hydrogen-bond acceptors (Lipinski definition) is 3. The van der Waals surface area contributed by atoms with Crippen molar-refractivity contribution in [3.63, 3.8) is 0 Å². The maximum Gasteiger partial charge on any atom is 0.408 e. The molecule has 0 aliphatic rings. The van der Waals surface area contributed by atoms with Gasteiger partial charge in [-0.3, -0.25) is 4.90 Å². The first-order valence-electron chi connectivity index (χ1n) is 4.98. The molecule has 0 aliphatic heterocycles. The van der Waals surface area contributed by atoms with Crippen molar-refractivity contribution in [3.8, 4) is 0 Å². The predicted octanol–water partition coefficient (Wildman–Crippen LogP) is 1.59. The molecule has 0 heterocycles. The fourth-order valence-electron chi connectivity index (χ4n) is 2.16. The lowest BCUT2D eigenvalue weighted by Crippen LogP contribution is -2.59. The van der Waals surface area contributed by atoms with Crippen molar-refractivity contribution in [2.45, 2.75) is 45.7 Å². The highest BCUT2D eigenvalue weighted by Crippen LogP contribution is 2.26. The van der Waals surface area contributed by atoms with Gasteiger partial charge in [0.1, 0.15) is 9.84 Å². The van der Waals surface area contributed by atoms with Crippen molar-refractivity contribution in [1.29, 1.82) is 0 Å². The zero-order valence-electron chi connectivity index (χ0n) is 10.7. The molecule has 16 heavy (non-hydrogen) atoms. The van der Waals surface area contributed by atoms with E-state index < -0.39 is 27.0 Å². The fraction of sp³-hybridized carbons (Fsp3) is 0.900. The van der Waals surface area contributed by atoms with Gasteiger partial charge in [-0.05, 0) is 34.6 Å². The van der Waals surface area contributed by atoms with Gasteiger partial charge in [-0.15, -0.1) is 0 Å². The summed E-state index contributed by atoms with van der Waals surface area (Å²) in [6, 6.07) is 0. The maximum atomic E-state index is 11.3. The van der Waals surface area contributed by atoms with Crippen LogP contribution in [0.15, 0.2) is 0 Å². The molecule has 0 radical (unpaired) electrons. The summed E-state index contributed by atoms with van der Waals surface area (Å²) in [5, 5.41) is 9.17. The van der Waals surface area contributed by atoms with Gasteiger partial charge in [-0.1, -0.05) is 0 Å². The van der Waals surface area contributed by atoms with E-state index >= 15 is 0 Å². The summed E-state index contributed by atoms with van der Waals surface area (Å²) >= 11 is 0. The van der Waals surface area contributed by atoms with Crippen LogP contribution in [0.5, 0.6) is 0 Å². The molecule has 0 rings (SSSR count). The summed E-state index contributed by atoms with van der Waals surface area (Å²) < 4.78 is 22.6. The van der Waals surface area contributed by atoms with Gasteiger partial charge in [-0.25, -0.2) is 13.2 Å². The van der Waals surface area contributed by atoms with Crippen LogP contribution in [-0.4, -0.2) is 47.6 Å². The molecular formula is C10H21NO4S. The molecule has 0 aliphatic carbocycles. The van der Waals surface area contributed by atoms with Gasteiger partial charge in [-0.2, -0.15) is 0 Å². The van der Waals surface area contributed by atoms with E-state index in [1.165, 1.54) is 4.90 Å². The highest BCUT2D eigenvalue weighted by molar-refractivity contribution is 7.90. The topological polar surface area (TPSA) is 74.7 Å². The Balaban J connectivity index is 5.30. The minimum Gasteiger partial charge on any atom is -0.465 e. The Morgan fingerprint density at radius 2 is 1.56 bits per heavy atom. The van der Waals surface area contributed by atoms with Crippen molar-refractivity contribution in [1.82, 2.24) is 4.90 Å². The molecule has 0 fully saturated rings. The summed E-state index contributed by atoms with van der Waals surface area (Å²) in [7, 11) is -3.23. The lowest BCUT2D eigenvalue weighted by molar-refractivity contribution is 0.0434. The van der Waals surface area contributed by atoms with Crippen LogP contribution >= 0.6 is 0 Å². The Hall–Kier alpha value is -0.780. The van der Waals surface area contributed by atoms with E-state index in [0.717, 1.165) is 6.26 Å². The molecular weight excluding hydrogens is 230 g/mol. The van der Waals surface area contributed by atoms with Crippen LogP contribution in [0.2, 0.25) is 0 Å². The smallest absolute Gasteiger partial charge is 0.408 e. The molecule has 6 heteroatoms. The second-order valence-corrected chi connectivity index (χ2v) is 7.81. The molecule has 1 amide bonds. The van der Waals surface area contributed by atoms with Crippen LogP contribution in [0, 0.1) is 0 Å². The van der Waals surface area contributed by atoms with E-state index in [2.05, 4.69) is 0 Å². The van der Waals surface area contributed by atoms with Crippen molar-refractivity contribution in [2.24, 2.45) is 0 Å². The van der Waals surface area contributed by atoms with Gasteiger partial charge >= 0.3 is 6.09 Å². The standard InChI is InChI=1S/C10H21NO4S/c1-9(2,3)11(8(12)13)10(4,5)7-16(6,14)15/h7H2,1-6H3,(H,12,13). The molecule has 0 spiro atoms. The van der Waals surface area contributed by atoms with Crippen LogP contribution in [0.3, 0.4) is 0 Å². The van der Waals surface area contributed by atoms with Crippen molar-refractivity contribution >= 4 is 15.9 Å². The molecule has 0 saturated carbocycles. The minimum absolute atomic E-state index is 0.191. The number of rotatable bonds is 3. The number of carbonyl (C=O) groups is 1. The monoisotopic (exact) mass is 251 g/mol. The van der Waals surface area contributed by atoms with Crippen LogP contribution < -0.4 is 0 Å². The number of sulfone groups is 1. The van der Waals surface area contributed by atoms with Gasteiger partial charge in [0.05, 0.1) is 11.3 Å². The highest BCUT2D eigenvalue weighted by atomic mass is 32.2. The van der Waals surface area contributed by atoms with E-state index in [1.54, 1.807) is 34.6 Å². The summed E-state index contributed by atoms with van der Waals surface area (Å²) in [5.41, 5.74) is -1.59. The van der Waals surface area contributed by atoms with Crippen LogP contribution in [0.1, 0.15) is 34.6 Å². The molecule has 0 unspecified atom stereocenters. The SMILES string of the molecule is CC(C)(C)N(C(=O)O)C(C)(C)CS(C)(=O)=O. The molecule has 0 bridgehead atoms. The zero-order valence-corrected chi connectivity index (χ0v) is 11.6. The van der Waals surface area contributed by atoms with Gasteiger partial charge in [0.15, 0.2) is 0 Å². The van der Waals surface area contributed by atoms with Crippen molar-refractivity contribution < 1.29 is 18.3 Å². The molecule has 0 aromatic heterocycles. The summed E-state index contributed by atoms with van der Waals surface area (Å²) in [6.45, 7) is 8.46. The Morgan fingerprint density at radius 3 is 1.75 bits per heavy atom. The second-order valence-electron chi connectivity index (χ2n) is 5.67. The number of nitrogens with zero attached hydrogens (tertiary/aromatic N) is 1. The maximum absolute atomic E-state index is 11.3. The molecule has 96 valence electrons. The first-order valence-corrected chi connectivity index (χ1v) is 7.04. The second kappa shape index (κ2) is 4.24. The third-order valence-corrected chi connectivity index (χ3v) is 3.31. The van der Waals surface area contributed by atoms with Crippen LogP contribution in [0.25, 0.3) is 0 Å². The first-order chi connectivity index (χ1) is 6.77. The molecule has 0 aromatic carbocycles. The third kappa shape index (κ3) is 4.38. The molecule has 0 aromatic rings. The first kappa shape index (κ1) is 15.2. The van der Waals surface area contributed by atoms with E-state index in [0.29, 0.717) is 0 Å². The van der Waals surface area contributed by atoms with E-state index in [9.17, 15) is 18.3 Å². The lowest BCUT2D eigenvalue weighted by atomic mass is 9.97. The number of hydrogen-bond donors (Lipinski definition) is 1. The minimum atomic E-state index is -3.23. The van der Waals surface area contributed by atoms with Gasteiger partial charge in [0, 0.05) is 11.8 Å². The third-order valence-electron chi connectivity index (χ3n) is 2.08. The van der Waals surface area contributed by atoms with Crippen LogP contribution in [0.4, 0.5) is 4.79 Å². The quantitative estimate of drug-likeness (QED) is 0.826. The average molecular weight is 251 g/mol. The lowest BCUT2D eigenvalue weighted by Gasteiger charge is -2.44. The predicted molar refractivity (Wildman–Crippen MR) is 63.4 cm³/mol. The van der Waals surface area contributed by atoms with Crippen molar-refractivity contribution in [3.05, 3.63) is 0 Å². The summed E-state index contributed by atoms with van der Waals surface area (Å²) in [5.74, 6) is -0.191. The van der Waals surface area contributed by atoms with E-state index in [1.807, 2.05) is 0 Å². The number of carboxylic acid groups (broad SMARTS) is 1. The Bertz CT molecular complexity index is 365. The van der Waals surface area contributed by atoms with Gasteiger partial charge < -0.3 is 5.11 Å². The molecule has 0 atom stereocenters. The Labute approximate surface area is 97.4 Å². The molecule has 1 N–H and O–H groups in total. The average Bonchev–Trinajstić information content (AvgIpc) is 1.70. The Morgan fingerprint density at radius 1 is 1.19 bits per heavy atom. The van der Waals surface area contributed by atoms with Gasteiger partial charge in [0.25, 0.3) is 0 Å². The fourth-order valence-corrected chi connectivity index (χ4v) is 3.57. The van der Waals surface area contributed by atoms with Crippen LogP contribution in [-0.2, 0) is 9.84 Å². The molecule has 0 saturated heterocycles. The normalized spacial score (nSPS) is 13.6.